The molecule has 4 nitrogen and oxygen atoms in total. The van der Waals surface area contributed by atoms with Gasteiger partial charge in [0.05, 0.1) is 0 Å². The summed E-state index contributed by atoms with van der Waals surface area (Å²) in [6.07, 6.45) is 0.808. The first-order chi connectivity index (χ1) is 7.68. The van der Waals surface area contributed by atoms with E-state index < -0.39 is 0 Å². The van der Waals surface area contributed by atoms with Crippen LogP contribution in [0, 0.1) is 0 Å². The number of hydrogen-bond acceptors (Lipinski definition) is 3. The number of carbonyl (C=O) groups excluding carboxylic acids is 1. The zero-order valence-electron chi connectivity index (χ0n) is 8.67. The first-order valence-electron chi connectivity index (χ1n) is 5.03. The Morgan fingerprint density at radius 3 is 2.56 bits per heavy atom. The van der Waals surface area contributed by atoms with E-state index in [0.29, 0.717) is 11.6 Å². The van der Waals surface area contributed by atoms with Crippen molar-refractivity contribution in [1.29, 1.82) is 0 Å². The van der Waals surface area contributed by atoms with Gasteiger partial charge in [0.15, 0.2) is 0 Å². The van der Waals surface area contributed by atoms with E-state index in [2.05, 4.69) is 0 Å². The molecule has 0 aromatic heterocycles. The molecule has 0 aliphatic carbocycles. The molecule has 1 fully saturated rings. The molecule has 0 bridgehead atoms. The third kappa shape index (κ3) is 2.20. The molecule has 1 aliphatic heterocycles. The number of benzene rings is 1. The quantitative estimate of drug-likeness (QED) is 0.629. The minimum absolute atomic E-state index is 0.169. The average Bonchev–Trinajstić information content (AvgIpc) is 2.56. The molecule has 2 rings (SSSR count). The van der Waals surface area contributed by atoms with E-state index >= 15 is 0 Å². The third-order valence-electron chi connectivity index (χ3n) is 2.53. The lowest BCUT2D eigenvalue weighted by Gasteiger charge is -2.16. The van der Waals surface area contributed by atoms with Gasteiger partial charge in [0.1, 0.15) is 6.54 Å². The largest absolute Gasteiger partial charge is 0.337 e. The maximum atomic E-state index is 11.2. The van der Waals surface area contributed by atoms with Crippen molar-refractivity contribution in [2.45, 2.75) is 6.42 Å². The number of nitrogens with zero attached hydrogens (tertiary/aromatic N) is 2. The lowest BCUT2D eigenvalue weighted by molar-refractivity contribution is -0.144. The molecule has 0 radical (unpaired) electrons. The molecule has 1 saturated heterocycles. The van der Waals surface area contributed by atoms with Crippen LogP contribution in [-0.2, 0) is 11.2 Å². The van der Waals surface area contributed by atoms with Crippen LogP contribution in [-0.4, -0.2) is 39.3 Å². The fourth-order valence-corrected chi connectivity index (χ4v) is 1.88. The summed E-state index contributed by atoms with van der Waals surface area (Å²) in [4.78, 5) is 12.9. The van der Waals surface area contributed by atoms with E-state index in [0.717, 1.165) is 6.42 Å². The second kappa shape index (κ2) is 4.59. The van der Waals surface area contributed by atoms with Crippen LogP contribution < -0.4 is 0 Å². The standard InChI is InChI=1S/C11H12N2O2S/c14-10-8-12(11(16)13(10)15)7-6-9-4-2-1-3-5-9/h1-5,15H,6-8H2. The second-order valence-corrected chi connectivity index (χ2v) is 4.01. The van der Waals surface area contributed by atoms with Crippen LogP contribution in [0.5, 0.6) is 0 Å². The molecule has 1 aliphatic rings. The van der Waals surface area contributed by atoms with Crippen LogP contribution in [0.15, 0.2) is 30.3 Å². The monoisotopic (exact) mass is 236 g/mol. The van der Waals surface area contributed by atoms with E-state index in [-0.39, 0.29) is 17.6 Å². The van der Waals surface area contributed by atoms with Gasteiger partial charge in [-0.2, -0.15) is 5.06 Å². The Morgan fingerprint density at radius 1 is 1.31 bits per heavy atom. The number of hydrogen-bond donors (Lipinski definition) is 1. The average molecular weight is 236 g/mol. The highest BCUT2D eigenvalue weighted by molar-refractivity contribution is 7.80. The van der Waals surface area contributed by atoms with E-state index in [9.17, 15) is 10.0 Å². The normalized spacial score (nSPS) is 16.1. The zero-order valence-corrected chi connectivity index (χ0v) is 9.48. The molecule has 1 heterocycles. The predicted molar refractivity (Wildman–Crippen MR) is 62.9 cm³/mol. The number of hydroxylamine groups is 2. The van der Waals surface area contributed by atoms with Crippen LogP contribution in [0.2, 0.25) is 0 Å². The Labute approximate surface area is 99.0 Å². The molecular weight excluding hydrogens is 224 g/mol. The van der Waals surface area contributed by atoms with Crippen molar-refractivity contribution in [2.75, 3.05) is 13.1 Å². The van der Waals surface area contributed by atoms with E-state index in [1.807, 2.05) is 30.3 Å². The highest BCUT2D eigenvalue weighted by Crippen LogP contribution is 2.09. The van der Waals surface area contributed by atoms with Gasteiger partial charge in [-0.25, -0.2) is 0 Å². The van der Waals surface area contributed by atoms with Crippen molar-refractivity contribution in [1.82, 2.24) is 9.96 Å². The molecular formula is C11H12N2O2S. The highest BCUT2D eigenvalue weighted by Gasteiger charge is 2.31. The molecule has 1 N–H and O–H groups in total. The van der Waals surface area contributed by atoms with Gasteiger partial charge in [-0.05, 0) is 24.2 Å². The molecule has 1 aromatic carbocycles. The number of thiocarbonyl (C=S) groups is 1. The van der Waals surface area contributed by atoms with E-state index in [1.54, 1.807) is 4.90 Å². The van der Waals surface area contributed by atoms with Crippen LogP contribution in [0.4, 0.5) is 0 Å². The van der Waals surface area contributed by atoms with Crippen LogP contribution in [0.25, 0.3) is 0 Å². The van der Waals surface area contributed by atoms with Crippen molar-refractivity contribution >= 4 is 23.2 Å². The van der Waals surface area contributed by atoms with Gasteiger partial charge in [0.25, 0.3) is 5.91 Å². The van der Waals surface area contributed by atoms with E-state index in [1.165, 1.54) is 5.56 Å². The second-order valence-electron chi connectivity index (χ2n) is 3.65. The van der Waals surface area contributed by atoms with Crippen molar-refractivity contribution in [3.05, 3.63) is 35.9 Å². The SMILES string of the molecule is O=C1CN(CCc2ccccc2)C(=S)N1O. The molecule has 1 aromatic rings. The molecule has 0 atom stereocenters. The summed E-state index contributed by atoms with van der Waals surface area (Å²) in [5, 5.41) is 9.97. The van der Waals surface area contributed by atoms with Gasteiger partial charge in [0.2, 0.25) is 5.11 Å². The molecule has 84 valence electrons. The maximum Gasteiger partial charge on any atom is 0.272 e. The highest BCUT2D eigenvalue weighted by atomic mass is 32.1. The first kappa shape index (κ1) is 11.0. The minimum Gasteiger partial charge on any atom is -0.337 e. The number of carbonyl (C=O) groups is 1. The van der Waals surface area contributed by atoms with Crippen LogP contribution in [0.1, 0.15) is 5.56 Å². The molecule has 0 unspecified atom stereocenters. The number of rotatable bonds is 3. The summed E-state index contributed by atoms with van der Waals surface area (Å²) >= 11 is 4.94. The summed E-state index contributed by atoms with van der Waals surface area (Å²) in [6.45, 7) is 0.813. The third-order valence-corrected chi connectivity index (χ3v) is 2.96. The topological polar surface area (TPSA) is 43.8 Å². The maximum absolute atomic E-state index is 11.2. The van der Waals surface area contributed by atoms with Crippen LogP contribution >= 0.6 is 12.2 Å². The molecule has 0 spiro atoms. The predicted octanol–water partition coefficient (Wildman–Crippen LogP) is 1.05. The van der Waals surface area contributed by atoms with Gasteiger partial charge in [-0.15, -0.1) is 0 Å². The summed E-state index contributed by atoms with van der Waals surface area (Å²) < 4.78 is 0. The lowest BCUT2D eigenvalue weighted by atomic mass is 10.1. The Morgan fingerprint density at radius 2 is 2.00 bits per heavy atom. The Hall–Kier alpha value is -1.46. The van der Waals surface area contributed by atoms with Crippen molar-refractivity contribution in [3.8, 4) is 0 Å². The van der Waals surface area contributed by atoms with Gasteiger partial charge in [0, 0.05) is 6.54 Å². The van der Waals surface area contributed by atoms with Crippen molar-refractivity contribution in [3.63, 3.8) is 0 Å². The van der Waals surface area contributed by atoms with E-state index in [4.69, 9.17) is 12.2 Å². The summed E-state index contributed by atoms with van der Waals surface area (Å²) in [6, 6.07) is 9.96. The summed E-state index contributed by atoms with van der Waals surface area (Å²) in [5.41, 5.74) is 1.19. The molecule has 0 saturated carbocycles. The summed E-state index contributed by atoms with van der Waals surface area (Å²) in [5.74, 6) is -0.363. The first-order valence-corrected chi connectivity index (χ1v) is 5.44. The van der Waals surface area contributed by atoms with Crippen molar-refractivity contribution in [2.24, 2.45) is 0 Å². The lowest BCUT2D eigenvalue weighted by Crippen LogP contribution is -2.31. The zero-order chi connectivity index (χ0) is 11.5. The van der Waals surface area contributed by atoms with Crippen LogP contribution in [0.3, 0.4) is 0 Å². The Bertz CT molecular complexity index is 408. The Kier molecular flexibility index (Phi) is 3.17. The van der Waals surface area contributed by atoms with Gasteiger partial charge >= 0.3 is 0 Å². The smallest absolute Gasteiger partial charge is 0.272 e. The van der Waals surface area contributed by atoms with Crippen molar-refractivity contribution < 1.29 is 10.0 Å². The van der Waals surface area contributed by atoms with Gasteiger partial charge in [-0.3, -0.25) is 10.0 Å². The minimum atomic E-state index is -0.363. The van der Waals surface area contributed by atoms with Gasteiger partial charge in [-0.1, -0.05) is 30.3 Å². The fourth-order valence-electron chi connectivity index (χ4n) is 1.62. The molecule has 1 amide bonds. The molecule has 16 heavy (non-hydrogen) atoms. The molecule has 5 heteroatoms. The van der Waals surface area contributed by atoms with Gasteiger partial charge < -0.3 is 4.90 Å². The Balaban J connectivity index is 1.92. The fraction of sp³-hybridized carbons (Fsp3) is 0.273. The summed E-state index contributed by atoms with van der Waals surface area (Å²) in [7, 11) is 0. The number of amides is 1.